The molecular weight excluding hydrogens is 251 g/mol. The molecule has 1 amide bonds. The SMILES string of the molecule is O=C(Cc1[nH]sc1Cl)Nc1ccc(F)cc1. The number of carbonyl (C=O) groups is 1. The molecule has 6 heteroatoms. The van der Waals surface area contributed by atoms with Gasteiger partial charge in [0.05, 0.1) is 12.1 Å². The largest absolute Gasteiger partial charge is 0.326 e. The van der Waals surface area contributed by atoms with Gasteiger partial charge in [-0.2, -0.15) is 0 Å². The number of anilines is 1. The second-order valence-electron chi connectivity index (χ2n) is 3.19. The number of carbonyl (C=O) groups excluding carboxylic acids is 1. The van der Waals surface area contributed by atoms with Gasteiger partial charge >= 0.3 is 0 Å². The van der Waals surface area contributed by atoms with Gasteiger partial charge < -0.3 is 9.69 Å². The summed E-state index contributed by atoms with van der Waals surface area (Å²) in [6, 6.07) is 5.59. The lowest BCUT2D eigenvalue weighted by molar-refractivity contribution is -0.115. The fourth-order valence-corrected chi connectivity index (χ4v) is 1.93. The Morgan fingerprint density at radius 3 is 2.62 bits per heavy atom. The molecule has 0 spiro atoms. The van der Waals surface area contributed by atoms with Crippen LogP contribution in [0.2, 0.25) is 4.34 Å². The fraction of sp³-hybridized carbons (Fsp3) is 0.100. The maximum absolute atomic E-state index is 12.6. The zero-order chi connectivity index (χ0) is 11.5. The summed E-state index contributed by atoms with van der Waals surface area (Å²) in [5, 5.41) is 2.64. The summed E-state index contributed by atoms with van der Waals surface area (Å²) in [5.41, 5.74) is 1.28. The van der Waals surface area contributed by atoms with E-state index in [0.29, 0.717) is 15.7 Å². The molecule has 0 unspecified atom stereocenters. The topological polar surface area (TPSA) is 44.9 Å². The monoisotopic (exact) mass is 258 g/mol. The average Bonchev–Trinajstić information content (AvgIpc) is 2.27. The van der Waals surface area contributed by atoms with E-state index >= 15 is 0 Å². The van der Waals surface area contributed by atoms with Crippen molar-refractivity contribution in [2.75, 3.05) is 5.32 Å². The van der Waals surface area contributed by atoms with Gasteiger partial charge in [0.15, 0.2) is 0 Å². The van der Waals surface area contributed by atoms with Gasteiger partial charge in [0, 0.05) is 5.69 Å². The van der Waals surface area contributed by atoms with E-state index in [-0.39, 0.29) is 18.1 Å². The van der Waals surface area contributed by atoms with E-state index in [0.717, 1.165) is 0 Å². The Hall–Kier alpha value is -1.33. The lowest BCUT2D eigenvalue weighted by Gasteiger charge is -2.07. The number of benzene rings is 1. The molecule has 0 saturated heterocycles. The number of hydrogen-bond donors (Lipinski definition) is 2. The Balaban J connectivity index is 1.93. The molecule has 0 bridgehead atoms. The summed E-state index contributed by atoms with van der Waals surface area (Å²) < 4.78 is 16.1. The van der Waals surface area contributed by atoms with Crippen molar-refractivity contribution in [1.82, 2.24) is 4.37 Å². The second-order valence-corrected chi connectivity index (χ2v) is 4.61. The molecule has 0 aliphatic heterocycles. The van der Waals surface area contributed by atoms with Gasteiger partial charge in [-0.05, 0) is 35.8 Å². The normalized spacial score (nSPS) is 10.4. The number of aromatic nitrogens is 1. The number of halogens is 2. The highest BCUT2D eigenvalue weighted by atomic mass is 35.5. The van der Waals surface area contributed by atoms with Crippen molar-refractivity contribution in [2.24, 2.45) is 0 Å². The molecule has 16 heavy (non-hydrogen) atoms. The number of nitrogens with one attached hydrogen (secondary N) is 2. The van der Waals surface area contributed by atoms with Crippen molar-refractivity contribution >= 4 is 34.7 Å². The average molecular weight is 259 g/mol. The van der Waals surface area contributed by atoms with E-state index in [1.807, 2.05) is 0 Å². The summed E-state index contributed by atoms with van der Waals surface area (Å²) in [7, 11) is 0. The molecule has 2 rings (SSSR count). The van der Waals surface area contributed by atoms with E-state index in [9.17, 15) is 9.18 Å². The molecule has 0 saturated carbocycles. The van der Waals surface area contributed by atoms with Crippen LogP contribution < -0.4 is 5.32 Å². The highest BCUT2D eigenvalue weighted by Crippen LogP contribution is 2.22. The number of hydrogen-bond acceptors (Lipinski definition) is 2. The molecule has 0 aliphatic rings. The first kappa shape index (κ1) is 11.2. The summed E-state index contributed by atoms with van der Waals surface area (Å²) in [6.07, 6.45) is 0.198. The van der Waals surface area contributed by atoms with Gasteiger partial charge in [-0.1, -0.05) is 11.6 Å². The highest BCUT2D eigenvalue weighted by molar-refractivity contribution is 7.12. The molecule has 3 nitrogen and oxygen atoms in total. The molecular formula is C10H8ClFN2OS. The zero-order valence-corrected chi connectivity index (χ0v) is 9.66. The zero-order valence-electron chi connectivity index (χ0n) is 8.09. The van der Waals surface area contributed by atoms with Crippen LogP contribution in [0.25, 0.3) is 0 Å². The summed E-state index contributed by atoms with van der Waals surface area (Å²) in [4.78, 5) is 11.5. The van der Waals surface area contributed by atoms with Crippen LogP contribution in [0, 0.1) is 5.82 Å². The molecule has 1 aromatic carbocycles. The number of H-pyrrole nitrogens is 1. The predicted octanol–water partition coefficient (Wildman–Crippen LogP) is 3.05. The Morgan fingerprint density at radius 1 is 1.44 bits per heavy atom. The van der Waals surface area contributed by atoms with E-state index < -0.39 is 0 Å². The maximum Gasteiger partial charge on any atom is 0.230 e. The van der Waals surface area contributed by atoms with E-state index in [4.69, 9.17) is 11.6 Å². The van der Waals surface area contributed by atoms with Gasteiger partial charge in [0.2, 0.25) is 5.91 Å². The molecule has 1 heterocycles. The first-order chi connectivity index (χ1) is 7.65. The Bertz CT molecular complexity index is 491. The van der Waals surface area contributed by atoms with E-state index in [2.05, 4.69) is 9.69 Å². The molecule has 0 aliphatic carbocycles. The summed E-state index contributed by atoms with van der Waals surface area (Å²) in [5.74, 6) is -0.520. The van der Waals surface area contributed by atoms with Crippen molar-refractivity contribution in [1.29, 1.82) is 0 Å². The van der Waals surface area contributed by atoms with Crippen molar-refractivity contribution in [3.8, 4) is 0 Å². The van der Waals surface area contributed by atoms with Crippen LogP contribution in [0.1, 0.15) is 5.69 Å². The van der Waals surface area contributed by atoms with E-state index in [1.165, 1.54) is 35.8 Å². The number of amides is 1. The lowest BCUT2D eigenvalue weighted by atomic mass is 10.3. The van der Waals surface area contributed by atoms with E-state index in [1.54, 1.807) is 0 Å². The minimum absolute atomic E-state index is 0.187. The highest BCUT2D eigenvalue weighted by Gasteiger charge is 2.10. The van der Waals surface area contributed by atoms with Gasteiger partial charge in [-0.15, -0.1) is 0 Å². The van der Waals surface area contributed by atoms with Crippen LogP contribution in [-0.2, 0) is 11.2 Å². The van der Waals surface area contributed by atoms with Gasteiger partial charge in [0.1, 0.15) is 10.2 Å². The van der Waals surface area contributed by atoms with Gasteiger partial charge in [0.25, 0.3) is 0 Å². The molecule has 2 aromatic rings. The van der Waals surface area contributed by atoms with Crippen molar-refractivity contribution in [2.45, 2.75) is 6.42 Å². The molecule has 2 N–H and O–H groups in total. The molecule has 0 atom stereocenters. The van der Waals surface area contributed by atoms with Gasteiger partial charge in [-0.3, -0.25) is 4.79 Å². The lowest BCUT2D eigenvalue weighted by Crippen LogP contribution is -2.15. The molecule has 0 radical (unpaired) electrons. The quantitative estimate of drug-likeness (QED) is 0.873. The standard InChI is InChI=1S/C10H8ClFN2OS/c11-10-8(14-16-10)5-9(15)13-7-3-1-6(12)2-4-7/h1-4,14H,5H2,(H,13,15). The third-order valence-electron chi connectivity index (χ3n) is 1.97. The first-order valence-electron chi connectivity index (χ1n) is 4.52. The second kappa shape index (κ2) is 4.67. The van der Waals surface area contributed by atoms with Crippen molar-refractivity contribution in [3.63, 3.8) is 0 Å². The molecule has 84 valence electrons. The minimum atomic E-state index is -0.333. The third kappa shape index (κ3) is 2.62. The van der Waals surface area contributed by atoms with Crippen LogP contribution in [0.4, 0.5) is 10.1 Å². The maximum atomic E-state index is 12.6. The smallest absolute Gasteiger partial charge is 0.230 e. The first-order valence-corrected chi connectivity index (χ1v) is 5.71. The number of rotatable bonds is 3. The Labute approximate surface area is 100 Å². The van der Waals surface area contributed by atoms with Gasteiger partial charge in [-0.25, -0.2) is 4.39 Å². The van der Waals surface area contributed by atoms with Crippen LogP contribution in [0.5, 0.6) is 0 Å². The van der Waals surface area contributed by atoms with Crippen LogP contribution in [0.3, 0.4) is 0 Å². The predicted molar refractivity (Wildman–Crippen MR) is 62.4 cm³/mol. The Morgan fingerprint density at radius 2 is 2.12 bits per heavy atom. The van der Waals surface area contributed by atoms with Crippen molar-refractivity contribution < 1.29 is 9.18 Å². The summed E-state index contributed by atoms with van der Waals surface area (Å²) >= 11 is 7.02. The van der Waals surface area contributed by atoms with Crippen LogP contribution in [0.15, 0.2) is 24.3 Å². The molecule has 1 aromatic heterocycles. The van der Waals surface area contributed by atoms with Crippen LogP contribution in [-0.4, -0.2) is 10.3 Å². The Kier molecular flexibility index (Phi) is 3.26. The summed E-state index contributed by atoms with van der Waals surface area (Å²) in [6.45, 7) is 0. The molecule has 0 fully saturated rings. The third-order valence-corrected chi connectivity index (χ3v) is 3.20. The van der Waals surface area contributed by atoms with Crippen molar-refractivity contribution in [3.05, 3.63) is 40.1 Å². The fourth-order valence-electron chi connectivity index (χ4n) is 1.17. The van der Waals surface area contributed by atoms with Crippen LogP contribution >= 0.6 is 23.1 Å². The number of aromatic amines is 1. The minimum Gasteiger partial charge on any atom is -0.326 e.